The van der Waals surface area contributed by atoms with Crippen molar-refractivity contribution in [3.8, 4) is 5.88 Å². The van der Waals surface area contributed by atoms with Gasteiger partial charge in [-0.25, -0.2) is 0 Å². The molecule has 1 aromatic heterocycles. The third-order valence-electron chi connectivity index (χ3n) is 3.83. The summed E-state index contributed by atoms with van der Waals surface area (Å²) in [4.78, 5) is 12.3. The van der Waals surface area contributed by atoms with Gasteiger partial charge in [0.2, 0.25) is 11.7 Å². The maximum absolute atomic E-state index is 12.3. The first-order chi connectivity index (χ1) is 9.78. The Morgan fingerprint density at radius 2 is 1.85 bits per heavy atom. The van der Waals surface area contributed by atoms with Crippen LogP contribution in [0.2, 0.25) is 0 Å². The molecule has 0 aliphatic heterocycles. The first-order valence-electron chi connectivity index (χ1n) is 6.80. The number of carbonyl (C=O) groups excluding carboxylic acids is 1. The van der Waals surface area contributed by atoms with Crippen molar-refractivity contribution in [3.05, 3.63) is 53.2 Å². The second-order valence-electron chi connectivity index (χ2n) is 5.04. The van der Waals surface area contributed by atoms with Crippen LogP contribution in [-0.2, 0) is 0 Å². The molecule has 1 heterocycles. The number of rotatable bonds is 4. The van der Waals surface area contributed by atoms with E-state index >= 15 is 0 Å². The number of carbonyl (C=O) groups is 1. The van der Waals surface area contributed by atoms with Crippen molar-refractivity contribution in [1.82, 2.24) is 10.2 Å². The summed E-state index contributed by atoms with van der Waals surface area (Å²) in [6, 6.07) is 11.1. The summed E-state index contributed by atoms with van der Waals surface area (Å²) in [6.07, 6.45) is 3.83. The predicted octanol–water partition coefficient (Wildman–Crippen LogP) is 2.98. The Labute approximate surface area is 117 Å². The van der Waals surface area contributed by atoms with E-state index in [1.807, 2.05) is 24.3 Å². The Hall–Kier alpha value is -2.23. The van der Waals surface area contributed by atoms with Gasteiger partial charge in [-0.3, -0.25) is 4.79 Å². The monoisotopic (exact) mass is 268 g/mol. The van der Waals surface area contributed by atoms with Gasteiger partial charge >= 0.3 is 0 Å². The molecule has 0 spiro atoms. The van der Waals surface area contributed by atoms with Crippen molar-refractivity contribution >= 4 is 5.78 Å². The van der Waals surface area contributed by atoms with Crippen molar-refractivity contribution in [1.29, 1.82) is 0 Å². The number of ketones is 1. The Kier molecular flexibility index (Phi) is 3.46. The number of aromatic nitrogens is 2. The number of methoxy groups -OCH3 is 1. The maximum Gasteiger partial charge on any atom is 0.233 e. The van der Waals surface area contributed by atoms with Crippen LogP contribution in [0.25, 0.3) is 0 Å². The number of ether oxygens (including phenoxy) is 1. The molecule has 3 rings (SSSR count). The average molecular weight is 268 g/mol. The lowest BCUT2D eigenvalue weighted by Gasteiger charge is -2.25. The number of hydrogen-bond acceptors (Lipinski definition) is 4. The van der Waals surface area contributed by atoms with Crippen molar-refractivity contribution in [3.63, 3.8) is 0 Å². The molecular formula is C16H16N2O2. The van der Waals surface area contributed by atoms with Crippen molar-refractivity contribution in [2.45, 2.75) is 25.2 Å². The van der Waals surface area contributed by atoms with Gasteiger partial charge < -0.3 is 4.74 Å². The van der Waals surface area contributed by atoms with Gasteiger partial charge in [-0.1, -0.05) is 30.7 Å². The average Bonchev–Trinajstić information content (AvgIpc) is 2.46. The molecule has 0 amide bonds. The number of hydrogen-bond donors (Lipinski definition) is 0. The fourth-order valence-corrected chi connectivity index (χ4v) is 2.35. The van der Waals surface area contributed by atoms with Crippen LogP contribution in [0.3, 0.4) is 0 Å². The molecule has 4 heteroatoms. The fraction of sp³-hybridized carbons (Fsp3) is 0.312. The Morgan fingerprint density at radius 3 is 2.35 bits per heavy atom. The lowest BCUT2D eigenvalue weighted by Crippen LogP contribution is -2.10. The van der Waals surface area contributed by atoms with E-state index in [0.717, 1.165) is 0 Å². The van der Waals surface area contributed by atoms with Gasteiger partial charge in [0.1, 0.15) is 5.69 Å². The second kappa shape index (κ2) is 5.41. The van der Waals surface area contributed by atoms with Gasteiger partial charge in [0, 0.05) is 11.6 Å². The van der Waals surface area contributed by atoms with E-state index in [2.05, 4.69) is 10.2 Å². The van der Waals surface area contributed by atoms with E-state index < -0.39 is 0 Å². The molecule has 102 valence electrons. The minimum atomic E-state index is -0.111. The minimum Gasteiger partial charge on any atom is -0.480 e. The van der Waals surface area contributed by atoms with E-state index in [0.29, 0.717) is 23.1 Å². The topological polar surface area (TPSA) is 52.1 Å². The SMILES string of the molecule is COc1ccc(C(=O)c2ccc(C3CCC3)cc2)nn1. The molecule has 1 aliphatic rings. The molecule has 0 N–H and O–H groups in total. The molecule has 4 nitrogen and oxygen atoms in total. The van der Waals surface area contributed by atoms with Crippen LogP contribution in [0.15, 0.2) is 36.4 Å². The highest BCUT2D eigenvalue weighted by atomic mass is 16.5. The van der Waals surface area contributed by atoms with E-state index in [1.165, 1.54) is 31.9 Å². The molecule has 0 saturated heterocycles. The molecule has 2 aromatic rings. The molecule has 1 saturated carbocycles. The van der Waals surface area contributed by atoms with Gasteiger partial charge in [-0.05, 0) is 30.4 Å². The van der Waals surface area contributed by atoms with E-state index in [9.17, 15) is 4.79 Å². The maximum atomic E-state index is 12.3. The van der Waals surface area contributed by atoms with Crippen molar-refractivity contribution in [2.75, 3.05) is 7.11 Å². The lowest BCUT2D eigenvalue weighted by molar-refractivity contribution is 0.103. The predicted molar refractivity (Wildman–Crippen MR) is 75.1 cm³/mol. The van der Waals surface area contributed by atoms with Gasteiger partial charge in [-0.2, -0.15) is 0 Å². The highest BCUT2D eigenvalue weighted by Gasteiger charge is 2.19. The Morgan fingerprint density at radius 1 is 1.10 bits per heavy atom. The summed E-state index contributed by atoms with van der Waals surface area (Å²) in [6.45, 7) is 0. The van der Waals surface area contributed by atoms with E-state index in [-0.39, 0.29) is 5.78 Å². The fourth-order valence-electron chi connectivity index (χ4n) is 2.35. The summed E-state index contributed by atoms with van der Waals surface area (Å²) in [5.74, 6) is 0.974. The Bertz CT molecular complexity index is 601. The van der Waals surface area contributed by atoms with E-state index in [1.54, 1.807) is 12.1 Å². The number of benzene rings is 1. The largest absolute Gasteiger partial charge is 0.480 e. The summed E-state index contributed by atoms with van der Waals surface area (Å²) in [5, 5.41) is 7.71. The summed E-state index contributed by atoms with van der Waals surface area (Å²) in [7, 11) is 1.52. The number of nitrogens with zero attached hydrogens (tertiary/aromatic N) is 2. The van der Waals surface area contributed by atoms with Crippen LogP contribution < -0.4 is 4.74 Å². The van der Waals surface area contributed by atoms with Gasteiger partial charge in [0.05, 0.1) is 7.11 Å². The van der Waals surface area contributed by atoms with Gasteiger partial charge in [0.25, 0.3) is 0 Å². The molecule has 1 aliphatic carbocycles. The third kappa shape index (κ3) is 2.41. The molecule has 0 atom stereocenters. The standard InChI is InChI=1S/C16H16N2O2/c1-20-15-10-9-14(17-18-15)16(19)13-7-5-12(6-8-13)11-3-2-4-11/h5-11H,2-4H2,1H3. The smallest absolute Gasteiger partial charge is 0.233 e. The second-order valence-corrected chi connectivity index (χ2v) is 5.04. The molecule has 20 heavy (non-hydrogen) atoms. The van der Waals surface area contributed by atoms with Crippen LogP contribution in [0, 0.1) is 0 Å². The molecule has 0 radical (unpaired) electrons. The van der Waals surface area contributed by atoms with Crippen LogP contribution in [-0.4, -0.2) is 23.1 Å². The molecule has 1 aromatic carbocycles. The van der Waals surface area contributed by atoms with Gasteiger partial charge in [0.15, 0.2) is 0 Å². The van der Waals surface area contributed by atoms with Gasteiger partial charge in [-0.15, -0.1) is 10.2 Å². The zero-order valence-electron chi connectivity index (χ0n) is 11.4. The van der Waals surface area contributed by atoms with Crippen molar-refractivity contribution in [2.24, 2.45) is 0 Å². The molecule has 0 bridgehead atoms. The Balaban J connectivity index is 1.78. The third-order valence-corrected chi connectivity index (χ3v) is 3.83. The highest BCUT2D eigenvalue weighted by molar-refractivity contribution is 6.07. The summed E-state index contributed by atoms with van der Waals surface area (Å²) in [5.41, 5.74) is 2.31. The minimum absolute atomic E-state index is 0.111. The zero-order valence-corrected chi connectivity index (χ0v) is 11.4. The highest BCUT2D eigenvalue weighted by Crippen LogP contribution is 2.36. The summed E-state index contributed by atoms with van der Waals surface area (Å²) >= 11 is 0. The van der Waals surface area contributed by atoms with Crippen molar-refractivity contribution < 1.29 is 9.53 Å². The van der Waals surface area contributed by atoms with Crippen LogP contribution in [0.5, 0.6) is 5.88 Å². The van der Waals surface area contributed by atoms with Crippen LogP contribution in [0.1, 0.15) is 46.8 Å². The lowest BCUT2D eigenvalue weighted by atomic mass is 9.80. The van der Waals surface area contributed by atoms with Crippen LogP contribution in [0.4, 0.5) is 0 Å². The van der Waals surface area contributed by atoms with E-state index in [4.69, 9.17) is 4.74 Å². The zero-order chi connectivity index (χ0) is 13.9. The molecule has 1 fully saturated rings. The van der Waals surface area contributed by atoms with Crippen LogP contribution >= 0.6 is 0 Å². The molecular weight excluding hydrogens is 252 g/mol. The normalized spacial score (nSPS) is 14.7. The first-order valence-corrected chi connectivity index (χ1v) is 6.80. The first kappa shape index (κ1) is 12.8. The summed E-state index contributed by atoms with van der Waals surface area (Å²) < 4.78 is 4.93. The molecule has 0 unspecified atom stereocenters. The quantitative estimate of drug-likeness (QED) is 0.800.